The second-order valence-electron chi connectivity index (χ2n) is 4.52. The zero-order valence-corrected chi connectivity index (χ0v) is 9.10. The van der Waals surface area contributed by atoms with Crippen molar-refractivity contribution in [3.05, 3.63) is 59.5 Å². The Morgan fingerprint density at radius 3 is 2.38 bits per heavy atom. The Morgan fingerprint density at radius 1 is 1.12 bits per heavy atom. The summed E-state index contributed by atoms with van der Waals surface area (Å²) in [5.74, 6) is 0.509. The molecule has 1 unspecified atom stereocenters. The second kappa shape index (κ2) is 3.80. The van der Waals surface area contributed by atoms with E-state index in [1.165, 1.54) is 11.1 Å². The zero-order chi connectivity index (χ0) is 11.0. The van der Waals surface area contributed by atoms with E-state index >= 15 is 0 Å². The first-order valence-electron chi connectivity index (χ1n) is 5.69. The van der Waals surface area contributed by atoms with E-state index in [1.807, 2.05) is 6.07 Å². The quantitative estimate of drug-likeness (QED) is 0.833. The summed E-state index contributed by atoms with van der Waals surface area (Å²) < 4.78 is 5.09. The van der Waals surface area contributed by atoms with Gasteiger partial charge < -0.3 is 10.2 Å². The third-order valence-corrected chi connectivity index (χ3v) is 3.52. The van der Waals surface area contributed by atoms with E-state index in [4.69, 9.17) is 10.2 Å². The van der Waals surface area contributed by atoms with Crippen molar-refractivity contribution in [1.82, 2.24) is 0 Å². The van der Waals surface area contributed by atoms with Gasteiger partial charge in [0.25, 0.3) is 0 Å². The molecule has 0 aliphatic heterocycles. The third kappa shape index (κ3) is 1.55. The zero-order valence-electron chi connectivity index (χ0n) is 9.10. The number of furan rings is 1. The summed E-state index contributed by atoms with van der Waals surface area (Å²) in [6.45, 7) is 0. The third-order valence-electron chi connectivity index (χ3n) is 3.52. The van der Waals surface area contributed by atoms with Crippen LogP contribution in [0.1, 0.15) is 22.7 Å². The van der Waals surface area contributed by atoms with Crippen LogP contribution in [0.4, 0.5) is 0 Å². The first kappa shape index (κ1) is 9.67. The van der Waals surface area contributed by atoms with Crippen molar-refractivity contribution in [1.29, 1.82) is 0 Å². The van der Waals surface area contributed by atoms with E-state index in [2.05, 4.69) is 24.3 Å². The highest BCUT2D eigenvalue weighted by atomic mass is 16.3. The Kier molecular flexibility index (Phi) is 2.29. The lowest BCUT2D eigenvalue weighted by atomic mass is 9.93. The fourth-order valence-corrected chi connectivity index (χ4v) is 2.58. The molecule has 2 aromatic rings. The molecule has 0 bridgehead atoms. The van der Waals surface area contributed by atoms with Crippen LogP contribution in [0.15, 0.2) is 47.3 Å². The molecule has 0 fully saturated rings. The molecule has 2 N–H and O–H groups in total. The number of nitrogens with two attached hydrogens (primary N) is 1. The van der Waals surface area contributed by atoms with Crippen LogP contribution in [0, 0.1) is 5.92 Å². The monoisotopic (exact) mass is 213 g/mol. The van der Waals surface area contributed by atoms with Crippen LogP contribution in [0.2, 0.25) is 0 Å². The van der Waals surface area contributed by atoms with Gasteiger partial charge in [0, 0.05) is 11.6 Å². The molecule has 16 heavy (non-hydrogen) atoms. The lowest BCUT2D eigenvalue weighted by Gasteiger charge is -2.16. The van der Waals surface area contributed by atoms with Gasteiger partial charge in [-0.25, -0.2) is 0 Å². The predicted octanol–water partition coefficient (Wildman–Crippen LogP) is 2.69. The largest absolute Gasteiger partial charge is 0.472 e. The van der Waals surface area contributed by atoms with Gasteiger partial charge in [0.1, 0.15) is 0 Å². The van der Waals surface area contributed by atoms with Gasteiger partial charge >= 0.3 is 0 Å². The highest BCUT2D eigenvalue weighted by Gasteiger charge is 2.27. The molecule has 1 heterocycles. The van der Waals surface area contributed by atoms with Gasteiger partial charge in [-0.05, 0) is 36.0 Å². The van der Waals surface area contributed by atoms with Crippen molar-refractivity contribution >= 4 is 0 Å². The Bertz CT molecular complexity index is 450. The lowest BCUT2D eigenvalue weighted by Crippen LogP contribution is -2.21. The maximum Gasteiger partial charge on any atom is 0.0950 e. The average molecular weight is 213 g/mol. The summed E-state index contributed by atoms with van der Waals surface area (Å²) in [6.07, 6.45) is 5.62. The van der Waals surface area contributed by atoms with E-state index < -0.39 is 0 Å². The molecule has 3 rings (SSSR count). The van der Waals surface area contributed by atoms with Crippen LogP contribution in [-0.2, 0) is 12.8 Å². The van der Waals surface area contributed by atoms with Gasteiger partial charge in [-0.15, -0.1) is 0 Å². The summed E-state index contributed by atoms with van der Waals surface area (Å²) in [6, 6.07) is 10.7. The molecule has 1 aliphatic carbocycles. The second-order valence-corrected chi connectivity index (χ2v) is 4.52. The van der Waals surface area contributed by atoms with Gasteiger partial charge in [0.05, 0.1) is 12.5 Å². The normalized spacial score (nSPS) is 17.3. The topological polar surface area (TPSA) is 39.2 Å². The van der Waals surface area contributed by atoms with Crippen LogP contribution >= 0.6 is 0 Å². The fourth-order valence-electron chi connectivity index (χ4n) is 2.58. The van der Waals surface area contributed by atoms with Crippen molar-refractivity contribution in [3.8, 4) is 0 Å². The minimum Gasteiger partial charge on any atom is -0.472 e. The molecule has 1 aromatic heterocycles. The summed E-state index contributed by atoms with van der Waals surface area (Å²) in [5, 5.41) is 0. The van der Waals surface area contributed by atoms with Crippen LogP contribution < -0.4 is 5.73 Å². The highest BCUT2D eigenvalue weighted by Crippen LogP contribution is 2.33. The molecule has 0 saturated carbocycles. The number of benzene rings is 1. The van der Waals surface area contributed by atoms with Gasteiger partial charge in [-0.1, -0.05) is 24.3 Å². The van der Waals surface area contributed by atoms with E-state index in [1.54, 1.807) is 12.5 Å². The van der Waals surface area contributed by atoms with Gasteiger partial charge in [-0.2, -0.15) is 0 Å². The SMILES string of the molecule is NC(c1ccoc1)C1Cc2ccccc2C1. The Hall–Kier alpha value is -1.54. The Labute approximate surface area is 95.1 Å². The standard InChI is InChI=1S/C14H15NO/c15-14(12-5-6-16-9-12)13-7-10-3-1-2-4-11(10)8-13/h1-6,9,13-14H,7-8,15H2. The molecule has 82 valence electrons. The van der Waals surface area contributed by atoms with Crippen molar-refractivity contribution < 1.29 is 4.42 Å². The molecule has 0 amide bonds. The summed E-state index contributed by atoms with van der Waals surface area (Å²) >= 11 is 0. The van der Waals surface area contributed by atoms with E-state index in [-0.39, 0.29) is 6.04 Å². The van der Waals surface area contributed by atoms with Gasteiger partial charge in [0.15, 0.2) is 0 Å². The Morgan fingerprint density at radius 2 is 1.81 bits per heavy atom. The number of rotatable bonds is 2. The predicted molar refractivity (Wildman–Crippen MR) is 63.0 cm³/mol. The lowest BCUT2D eigenvalue weighted by molar-refractivity contribution is 0.448. The van der Waals surface area contributed by atoms with Crippen LogP contribution in [-0.4, -0.2) is 0 Å². The van der Waals surface area contributed by atoms with E-state index in [0.717, 1.165) is 18.4 Å². The number of hydrogen-bond acceptors (Lipinski definition) is 2. The molecule has 1 atom stereocenters. The molecule has 0 radical (unpaired) electrons. The summed E-state index contributed by atoms with van der Waals surface area (Å²) in [7, 11) is 0. The Balaban J connectivity index is 1.81. The maximum atomic E-state index is 6.26. The summed E-state index contributed by atoms with van der Waals surface area (Å²) in [5.41, 5.74) is 10.3. The van der Waals surface area contributed by atoms with Crippen LogP contribution in [0.5, 0.6) is 0 Å². The first-order chi connectivity index (χ1) is 7.84. The van der Waals surface area contributed by atoms with E-state index in [0.29, 0.717) is 5.92 Å². The van der Waals surface area contributed by atoms with Crippen LogP contribution in [0.25, 0.3) is 0 Å². The molecule has 2 heteroatoms. The molecule has 0 spiro atoms. The van der Waals surface area contributed by atoms with Gasteiger partial charge in [-0.3, -0.25) is 0 Å². The molecule has 0 saturated heterocycles. The first-order valence-corrected chi connectivity index (χ1v) is 5.69. The molecular weight excluding hydrogens is 198 g/mol. The fraction of sp³-hybridized carbons (Fsp3) is 0.286. The highest BCUT2D eigenvalue weighted by molar-refractivity contribution is 5.33. The molecule has 2 nitrogen and oxygen atoms in total. The van der Waals surface area contributed by atoms with Crippen molar-refractivity contribution in [3.63, 3.8) is 0 Å². The minimum atomic E-state index is 0.0890. The number of hydrogen-bond donors (Lipinski definition) is 1. The van der Waals surface area contributed by atoms with Crippen molar-refractivity contribution in [2.75, 3.05) is 0 Å². The van der Waals surface area contributed by atoms with E-state index in [9.17, 15) is 0 Å². The number of fused-ring (bicyclic) bond motifs is 1. The van der Waals surface area contributed by atoms with Crippen molar-refractivity contribution in [2.24, 2.45) is 11.7 Å². The maximum absolute atomic E-state index is 6.26. The average Bonchev–Trinajstić information content (AvgIpc) is 2.97. The smallest absolute Gasteiger partial charge is 0.0950 e. The summed E-state index contributed by atoms with van der Waals surface area (Å²) in [4.78, 5) is 0. The van der Waals surface area contributed by atoms with Crippen molar-refractivity contribution in [2.45, 2.75) is 18.9 Å². The minimum absolute atomic E-state index is 0.0890. The molecule has 1 aliphatic rings. The molecular formula is C14H15NO. The van der Waals surface area contributed by atoms with Crippen LogP contribution in [0.3, 0.4) is 0 Å². The van der Waals surface area contributed by atoms with Gasteiger partial charge in [0.2, 0.25) is 0 Å². The molecule has 1 aromatic carbocycles.